The van der Waals surface area contributed by atoms with E-state index in [1.165, 1.54) is 31.4 Å². The first kappa shape index (κ1) is 14.8. The van der Waals surface area contributed by atoms with E-state index < -0.39 is 28.1 Å². The van der Waals surface area contributed by atoms with Gasteiger partial charge < -0.3 is 14.9 Å². The zero-order chi connectivity index (χ0) is 14.9. The first-order valence-corrected chi connectivity index (χ1v) is 7.37. The van der Waals surface area contributed by atoms with E-state index in [0.717, 1.165) is 4.31 Å². The van der Waals surface area contributed by atoms with Crippen molar-refractivity contribution < 1.29 is 28.2 Å². The zero-order valence-corrected chi connectivity index (χ0v) is 11.6. The number of carboxylic acids is 1. The Kier molecular flexibility index (Phi) is 3.98. The molecule has 2 N–H and O–H groups in total. The number of β-amino-alcohol motifs (C(OH)–C–C–N with tert-alkyl or cyclic N) is 1. The third-order valence-corrected chi connectivity index (χ3v) is 5.07. The summed E-state index contributed by atoms with van der Waals surface area (Å²) >= 11 is 0. The highest BCUT2D eigenvalue weighted by Crippen LogP contribution is 2.27. The molecule has 7 nitrogen and oxygen atoms in total. The Morgan fingerprint density at radius 2 is 1.95 bits per heavy atom. The summed E-state index contributed by atoms with van der Waals surface area (Å²) in [6.07, 6.45) is -1.07. The van der Waals surface area contributed by atoms with Crippen molar-refractivity contribution in [2.24, 2.45) is 0 Å². The van der Waals surface area contributed by atoms with Crippen LogP contribution in [0, 0.1) is 0 Å². The molecular weight excluding hydrogens is 286 g/mol. The molecule has 110 valence electrons. The lowest BCUT2D eigenvalue weighted by Crippen LogP contribution is -2.40. The summed E-state index contributed by atoms with van der Waals surface area (Å²) in [6, 6.07) is 4.41. The molecule has 1 aromatic rings. The highest BCUT2D eigenvalue weighted by Gasteiger charge is 2.43. The maximum Gasteiger partial charge on any atom is 0.322 e. The fourth-order valence-electron chi connectivity index (χ4n) is 2.16. The maximum absolute atomic E-state index is 12.4. The number of hydrogen-bond donors (Lipinski definition) is 2. The number of rotatable bonds is 4. The summed E-state index contributed by atoms with van der Waals surface area (Å²) in [7, 11) is -2.49. The molecule has 2 rings (SSSR count). The van der Waals surface area contributed by atoms with Crippen molar-refractivity contribution in [3.8, 4) is 5.75 Å². The van der Waals surface area contributed by atoms with Crippen LogP contribution in [0.2, 0.25) is 0 Å². The van der Waals surface area contributed by atoms with E-state index in [2.05, 4.69) is 0 Å². The van der Waals surface area contributed by atoms with Gasteiger partial charge in [-0.3, -0.25) is 4.79 Å². The highest BCUT2D eigenvalue weighted by atomic mass is 32.2. The molecule has 1 saturated heterocycles. The number of carboxylic acid groups (broad SMARTS) is 1. The van der Waals surface area contributed by atoms with Crippen LogP contribution in [0.15, 0.2) is 29.2 Å². The van der Waals surface area contributed by atoms with Crippen molar-refractivity contribution >= 4 is 16.0 Å². The molecule has 1 heterocycles. The van der Waals surface area contributed by atoms with E-state index in [0.29, 0.717) is 5.75 Å². The Bertz CT molecular complexity index is 597. The van der Waals surface area contributed by atoms with Gasteiger partial charge in [0.2, 0.25) is 10.0 Å². The third-order valence-electron chi connectivity index (χ3n) is 3.18. The van der Waals surface area contributed by atoms with Crippen LogP contribution in [-0.4, -0.2) is 54.7 Å². The molecule has 8 heteroatoms. The molecule has 1 aromatic carbocycles. The van der Waals surface area contributed by atoms with Crippen molar-refractivity contribution in [1.82, 2.24) is 4.31 Å². The quantitative estimate of drug-likeness (QED) is 0.805. The molecule has 2 unspecified atom stereocenters. The number of nitrogens with zero attached hydrogens (tertiary/aromatic N) is 1. The van der Waals surface area contributed by atoms with Crippen molar-refractivity contribution in [3.05, 3.63) is 24.3 Å². The van der Waals surface area contributed by atoms with Gasteiger partial charge in [0, 0.05) is 13.0 Å². The van der Waals surface area contributed by atoms with E-state index >= 15 is 0 Å². The van der Waals surface area contributed by atoms with Crippen molar-refractivity contribution in [2.45, 2.75) is 23.5 Å². The summed E-state index contributed by atoms with van der Waals surface area (Å²) in [5.74, 6) is -0.765. The Morgan fingerprint density at radius 3 is 2.45 bits per heavy atom. The minimum Gasteiger partial charge on any atom is -0.497 e. The van der Waals surface area contributed by atoms with Gasteiger partial charge in [0.05, 0.1) is 18.1 Å². The second-order valence-electron chi connectivity index (χ2n) is 4.49. The number of methoxy groups -OCH3 is 1. The predicted octanol–water partition coefficient (Wildman–Crippen LogP) is -0.0963. The Labute approximate surface area is 116 Å². The molecular formula is C12H15NO6S. The topological polar surface area (TPSA) is 104 Å². The summed E-state index contributed by atoms with van der Waals surface area (Å²) in [6.45, 7) is -0.217. The number of aliphatic hydroxyl groups excluding tert-OH is 1. The van der Waals surface area contributed by atoms with Crippen molar-refractivity contribution in [2.75, 3.05) is 13.7 Å². The van der Waals surface area contributed by atoms with Crippen LogP contribution in [0.4, 0.5) is 0 Å². The average molecular weight is 301 g/mol. The van der Waals surface area contributed by atoms with Gasteiger partial charge in [0.1, 0.15) is 11.8 Å². The number of aliphatic hydroxyl groups is 1. The third kappa shape index (κ3) is 2.62. The molecule has 1 fully saturated rings. The van der Waals surface area contributed by atoms with Gasteiger partial charge in [-0.15, -0.1) is 0 Å². The molecule has 1 aliphatic heterocycles. The second kappa shape index (κ2) is 5.39. The highest BCUT2D eigenvalue weighted by molar-refractivity contribution is 7.89. The lowest BCUT2D eigenvalue weighted by Gasteiger charge is -2.20. The molecule has 1 aliphatic rings. The molecule has 0 saturated carbocycles. The Morgan fingerprint density at radius 1 is 1.35 bits per heavy atom. The van der Waals surface area contributed by atoms with E-state index in [1.807, 2.05) is 0 Å². The van der Waals surface area contributed by atoms with Crippen LogP contribution in [0.3, 0.4) is 0 Å². The van der Waals surface area contributed by atoms with Gasteiger partial charge in [-0.05, 0) is 24.3 Å². The Hall–Kier alpha value is -1.64. The number of aliphatic carboxylic acids is 1. The predicted molar refractivity (Wildman–Crippen MR) is 68.9 cm³/mol. The molecule has 20 heavy (non-hydrogen) atoms. The smallest absolute Gasteiger partial charge is 0.322 e. The van der Waals surface area contributed by atoms with Gasteiger partial charge in [0.15, 0.2) is 0 Å². The van der Waals surface area contributed by atoms with Gasteiger partial charge in [-0.2, -0.15) is 4.31 Å². The lowest BCUT2D eigenvalue weighted by molar-refractivity contribution is -0.140. The van der Waals surface area contributed by atoms with E-state index in [9.17, 15) is 18.3 Å². The number of hydrogen-bond acceptors (Lipinski definition) is 5. The van der Waals surface area contributed by atoms with Crippen LogP contribution < -0.4 is 4.74 Å². The second-order valence-corrected chi connectivity index (χ2v) is 6.38. The number of carbonyl (C=O) groups is 1. The van der Waals surface area contributed by atoms with Gasteiger partial charge >= 0.3 is 5.97 Å². The van der Waals surface area contributed by atoms with Crippen LogP contribution in [0.25, 0.3) is 0 Å². The van der Waals surface area contributed by atoms with Crippen LogP contribution in [0.1, 0.15) is 6.42 Å². The number of sulfonamides is 1. The van der Waals surface area contributed by atoms with Crippen LogP contribution in [-0.2, 0) is 14.8 Å². The van der Waals surface area contributed by atoms with E-state index in [-0.39, 0.29) is 17.9 Å². The molecule has 0 aliphatic carbocycles. The van der Waals surface area contributed by atoms with Gasteiger partial charge in [-0.25, -0.2) is 8.42 Å². The largest absolute Gasteiger partial charge is 0.497 e. The average Bonchev–Trinajstić information content (AvgIpc) is 2.82. The lowest BCUT2D eigenvalue weighted by atomic mass is 10.2. The maximum atomic E-state index is 12.4. The molecule has 0 aromatic heterocycles. The standard InChI is InChI=1S/C12H15NO6S/c1-19-9-2-4-10(5-3-9)20(17,18)13-7-8(14)6-11(13)12(15)16/h2-5,8,11,14H,6-7H2,1H3,(H,15,16). The normalized spacial score (nSPS) is 23.7. The zero-order valence-electron chi connectivity index (χ0n) is 10.8. The number of benzene rings is 1. The molecule has 0 radical (unpaired) electrons. The summed E-state index contributed by atoms with van der Waals surface area (Å²) in [5, 5.41) is 18.6. The fourth-order valence-corrected chi connectivity index (χ4v) is 3.79. The van der Waals surface area contributed by atoms with E-state index in [4.69, 9.17) is 9.84 Å². The van der Waals surface area contributed by atoms with Gasteiger partial charge in [-0.1, -0.05) is 0 Å². The summed E-state index contributed by atoms with van der Waals surface area (Å²) in [4.78, 5) is 11.1. The van der Waals surface area contributed by atoms with E-state index in [1.54, 1.807) is 0 Å². The summed E-state index contributed by atoms with van der Waals surface area (Å²) < 4.78 is 30.6. The van der Waals surface area contributed by atoms with Crippen LogP contribution in [0.5, 0.6) is 5.75 Å². The Balaban J connectivity index is 2.35. The van der Waals surface area contributed by atoms with Crippen molar-refractivity contribution in [3.63, 3.8) is 0 Å². The van der Waals surface area contributed by atoms with Crippen LogP contribution >= 0.6 is 0 Å². The monoisotopic (exact) mass is 301 g/mol. The van der Waals surface area contributed by atoms with Crippen molar-refractivity contribution in [1.29, 1.82) is 0 Å². The summed E-state index contributed by atoms with van der Waals surface area (Å²) in [5.41, 5.74) is 0. The minimum absolute atomic E-state index is 0.0290. The first-order chi connectivity index (χ1) is 9.36. The fraction of sp³-hybridized carbons (Fsp3) is 0.417. The molecule has 0 amide bonds. The SMILES string of the molecule is COc1ccc(S(=O)(=O)N2CC(O)CC2C(=O)O)cc1. The first-order valence-electron chi connectivity index (χ1n) is 5.93. The molecule has 0 bridgehead atoms. The molecule has 0 spiro atoms. The molecule has 2 atom stereocenters. The number of ether oxygens (including phenoxy) is 1. The van der Waals surface area contributed by atoms with Gasteiger partial charge in [0.25, 0.3) is 0 Å². The minimum atomic E-state index is -3.95.